The van der Waals surface area contributed by atoms with E-state index in [9.17, 15) is 10.1 Å². The van der Waals surface area contributed by atoms with E-state index in [2.05, 4.69) is 34.7 Å². The monoisotopic (exact) mass is 313 g/mol. The maximum absolute atomic E-state index is 11.1. The van der Waals surface area contributed by atoms with Gasteiger partial charge in [-0.05, 0) is 37.1 Å². The van der Waals surface area contributed by atoms with Crippen LogP contribution in [0.5, 0.6) is 0 Å². The highest BCUT2D eigenvalue weighted by atomic mass is 16.6. The van der Waals surface area contributed by atoms with Crippen LogP contribution in [0.15, 0.2) is 42.6 Å². The minimum atomic E-state index is -0.310. The fraction of sp³-hybridized carbons (Fsp3) is 0.444. The van der Waals surface area contributed by atoms with E-state index in [0.717, 1.165) is 44.5 Å². The summed E-state index contributed by atoms with van der Waals surface area (Å²) in [6.45, 7) is 5.25. The summed E-state index contributed by atoms with van der Waals surface area (Å²) in [7, 11) is 0. The molecule has 5 nitrogen and oxygen atoms in total. The number of fused-ring (bicyclic) bond motifs is 1. The Kier molecular flexibility index (Phi) is 4.76. The van der Waals surface area contributed by atoms with Gasteiger partial charge in [-0.15, -0.1) is 0 Å². The molecule has 0 amide bonds. The van der Waals surface area contributed by atoms with Gasteiger partial charge in [0, 0.05) is 37.1 Å². The molecule has 0 bridgehead atoms. The minimum absolute atomic E-state index is 0.0962. The summed E-state index contributed by atoms with van der Waals surface area (Å²) in [6.07, 6.45) is 5.52. The van der Waals surface area contributed by atoms with Gasteiger partial charge in [0.1, 0.15) is 0 Å². The topological polar surface area (TPSA) is 51.3 Å². The van der Waals surface area contributed by atoms with Crippen molar-refractivity contribution in [1.82, 2.24) is 9.47 Å². The Labute approximate surface area is 136 Å². The lowest BCUT2D eigenvalue weighted by Crippen LogP contribution is -2.30. The molecule has 0 N–H and O–H groups in total. The summed E-state index contributed by atoms with van der Waals surface area (Å²) in [4.78, 5) is 13.3. The Hall–Kier alpha value is -2.14. The Bertz CT molecular complexity index is 680. The largest absolute Gasteiger partial charge is 0.350 e. The van der Waals surface area contributed by atoms with Crippen molar-refractivity contribution >= 4 is 5.69 Å². The molecule has 122 valence electrons. The van der Waals surface area contributed by atoms with E-state index in [-0.39, 0.29) is 16.7 Å². The first kappa shape index (κ1) is 15.7. The van der Waals surface area contributed by atoms with Gasteiger partial charge in [0.15, 0.2) is 0 Å². The molecule has 1 aromatic heterocycles. The van der Waals surface area contributed by atoms with Gasteiger partial charge in [0.05, 0.1) is 11.0 Å². The lowest BCUT2D eigenvalue weighted by molar-refractivity contribution is -0.384. The maximum Gasteiger partial charge on any atom is 0.269 e. The molecule has 1 atom stereocenters. The van der Waals surface area contributed by atoms with E-state index in [1.807, 2.05) is 6.07 Å². The summed E-state index contributed by atoms with van der Waals surface area (Å²) in [6, 6.07) is 11.4. The van der Waals surface area contributed by atoms with E-state index >= 15 is 0 Å². The third-order valence-corrected chi connectivity index (χ3v) is 4.55. The van der Waals surface area contributed by atoms with Gasteiger partial charge in [0.2, 0.25) is 0 Å². The van der Waals surface area contributed by atoms with Crippen LogP contribution in [0.2, 0.25) is 0 Å². The molecule has 1 aromatic carbocycles. The van der Waals surface area contributed by atoms with E-state index in [0.29, 0.717) is 0 Å². The van der Waals surface area contributed by atoms with Crippen molar-refractivity contribution in [3.05, 3.63) is 64.0 Å². The average Bonchev–Trinajstić information content (AvgIpc) is 2.94. The molecule has 2 heterocycles. The summed E-state index contributed by atoms with van der Waals surface area (Å²) < 4.78 is 2.29. The Morgan fingerprint density at radius 1 is 1.26 bits per heavy atom. The zero-order valence-electron chi connectivity index (χ0n) is 13.5. The summed E-state index contributed by atoms with van der Waals surface area (Å²) in [5.74, 6) is 0. The molecule has 0 aliphatic carbocycles. The predicted molar refractivity (Wildman–Crippen MR) is 90.5 cm³/mol. The van der Waals surface area contributed by atoms with E-state index in [1.54, 1.807) is 18.2 Å². The lowest BCUT2D eigenvalue weighted by Gasteiger charge is -2.30. The van der Waals surface area contributed by atoms with E-state index < -0.39 is 0 Å². The smallest absolute Gasteiger partial charge is 0.269 e. The number of aromatic nitrogens is 1. The highest BCUT2D eigenvalue weighted by molar-refractivity contribution is 5.39. The zero-order chi connectivity index (χ0) is 16.2. The van der Waals surface area contributed by atoms with Crippen molar-refractivity contribution < 1.29 is 4.92 Å². The number of nitro groups is 1. The number of rotatable bonds is 5. The summed E-state index contributed by atoms with van der Waals surface area (Å²) in [5, 5.41) is 11.1. The second kappa shape index (κ2) is 6.96. The SMILES string of the molecule is CCCCN1CCCn2cccc2[C@@H]1c1cccc([N+](=O)[O-])c1. The Balaban J connectivity index is 2.03. The Morgan fingerprint density at radius 2 is 2.13 bits per heavy atom. The van der Waals surface area contributed by atoms with Gasteiger partial charge in [-0.3, -0.25) is 15.0 Å². The van der Waals surface area contributed by atoms with Gasteiger partial charge in [-0.25, -0.2) is 0 Å². The van der Waals surface area contributed by atoms with Crippen LogP contribution in [-0.4, -0.2) is 27.5 Å². The van der Waals surface area contributed by atoms with Crippen LogP contribution in [0.1, 0.15) is 43.5 Å². The van der Waals surface area contributed by atoms with Gasteiger partial charge in [-0.2, -0.15) is 0 Å². The molecule has 1 aliphatic rings. The van der Waals surface area contributed by atoms with Crippen LogP contribution in [0, 0.1) is 10.1 Å². The molecule has 0 saturated carbocycles. The molecule has 0 fully saturated rings. The van der Waals surface area contributed by atoms with E-state index in [4.69, 9.17) is 0 Å². The molecule has 5 heteroatoms. The predicted octanol–water partition coefficient (Wildman–Crippen LogP) is 3.99. The van der Waals surface area contributed by atoms with Gasteiger partial charge < -0.3 is 4.57 Å². The first-order chi connectivity index (χ1) is 11.2. The van der Waals surface area contributed by atoms with Gasteiger partial charge in [-0.1, -0.05) is 25.5 Å². The number of hydrogen-bond acceptors (Lipinski definition) is 3. The molecule has 0 radical (unpaired) electrons. The maximum atomic E-state index is 11.1. The number of nitrogens with zero attached hydrogens (tertiary/aromatic N) is 3. The van der Waals surface area contributed by atoms with Crippen LogP contribution in [0.25, 0.3) is 0 Å². The van der Waals surface area contributed by atoms with Crippen LogP contribution in [0.4, 0.5) is 5.69 Å². The molecule has 0 spiro atoms. The van der Waals surface area contributed by atoms with Crippen molar-refractivity contribution in [3.8, 4) is 0 Å². The first-order valence-corrected chi connectivity index (χ1v) is 8.34. The van der Waals surface area contributed by atoms with Crippen molar-refractivity contribution in [3.63, 3.8) is 0 Å². The molecular formula is C18H23N3O2. The molecule has 0 saturated heterocycles. The van der Waals surface area contributed by atoms with Crippen molar-refractivity contribution in [1.29, 1.82) is 0 Å². The lowest BCUT2D eigenvalue weighted by atomic mass is 10.0. The van der Waals surface area contributed by atoms with Crippen molar-refractivity contribution in [2.24, 2.45) is 0 Å². The molecule has 1 aliphatic heterocycles. The zero-order valence-corrected chi connectivity index (χ0v) is 13.5. The quantitative estimate of drug-likeness (QED) is 0.619. The van der Waals surface area contributed by atoms with Crippen LogP contribution in [-0.2, 0) is 6.54 Å². The van der Waals surface area contributed by atoms with Crippen LogP contribution < -0.4 is 0 Å². The average molecular weight is 313 g/mol. The third kappa shape index (κ3) is 3.29. The summed E-state index contributed by atoms with van der Waals surface area (Å²) in [5.41, 5.74) is 2.41. The number of benzene rings is 1. The normalized spacial score (nSPS) is 18.4. The van der Waals surface area contributed by atoms with Crippen LogP contribution >= 0.6 is 0 Å². The number of aryl methyl sites for hydroxylation is 1. The summed E-state index contributed by atoms with van der Waals surface area (Å²) >= 11 is 0. The molecule has 0 unspecified atom stereocenters. The van der Waals surface area contributed by atoms with Crippen LogP contribution in [0.3, 0.4) is 0 Å². The fourth-order valence-corrected chi connectivity index (χ4v) is 3.43. The van der Waals surface area contributed by atoms with Crippen molar-refractivity contribution in [2.75, 3.05) is 13.1 Å². The standard InChI is InChI=1S/C18H23N3O2/c1-2-3-10-20-13-6-12-19-11-5-9-17(19)18(20)15-7-4-8-16(14-15)21(22)23/h4-5,7-9,11,14,18H,2-3,6,10,12-13H2,1H3/t18-/m0/s1. The Morgan fingerprint density at radius 3 is 2.91 bits per heavy atom. The number of hydrogen-bond donors (Lipinski definition) is 0. The molecule has 23 heavy (non-hydrogen) atoms. The third-order valence-electron chi connectivity index (χ3n) is 4.55. The molecular weight excluding hydrogens is 290 g/mol. The highest BCUT2D eigenvalue weighted by Crippen LogP contribution is 2.33. The van der Waals surface area contributed by atoms with Gasteiger partial charge in [0.25, 0.3) is 5.69 Å². The highest BCUT2D eigenvalue weighted by Gasteiger charge is 2.27. The van der Waals surface area contributed by atoms with Crippen molar-refractivity contribution in [2.45, 2.75) is 38.8 Å². The molecule has 2 aromatic rings. The number of unbranched alkanes of at least 4 members (excludes halogenated alkanes) is 1. The minimum Gasteiger partial charge on any atom is -0.350 e. The number of non-ortho nitro benzene ring substituents is 1. The molecule has 3 rings (SSSR count). The van der Waals surface area contributed by atoms with E-state index in [1.165, 1.54) is 5.69 Å². The second-order valence-electron chi connectivity index (χ2n) is 6.12. The second-order valence-corrected chi connectivity index (χ2v) is 6.12. The fourth-order valence-electron chi connectivity index (χ4n) is 3.43. The number of nitro benzene ring substituents is 1. The van der Waals surface area contributed by atoms with Gasteiger partial charge >= 0.3 is 0 Å². The first-order valence-electron chi connectivity index (χ1n) is 8.34.